The van der Waals surface area contributed by atoms with E-state index in [1.165, 1.54) is 5.56 Å². The number of nitrogens with zero attached hydrogens (tertiary/aromatic N) is 1. The number of aryl methyl sites for hydroxylation is 1. The first-order chi connectivity index (χ1) is 8.63. The number of carbonyl (C=O) groups is 1. The summed E-state index contributed by atoms with van der Waals surface area (Å²) in [7, 11) is 0. The van der Waals surface area contributed by atoms with Crippen LogP contribution >= 0.6 is 0 Å². The lowest BCUT2D eigenvalue weighted by Crippen LogP contribution is -2.37. The van der Waals surface area contributed by atoms with Gasteiger partial charge in [0.05, 0.1) is 6.07 Å². The van der Waals surface area contributed by atoms with E-state index in [0.717, 1.165) is 12.8 Å². The van der Waals surface area contributed by atoms with Crippen molar-refractivity contribution in [1.29, 1.82) is 5.26 Å². The molecule has 96 valence electrons. The quantitative estimate of drug-likeness (QED) is 0.836. The van der Waals surface area contributed by atoms with Crippen LogP contribution in [0.4, 0.5) is 0 Å². The summed E-state index contributed by atoms with van der Waals surface area (Å²) in [6, 6.07) is 11.8. The molecule has 1 rings (SSSR count). The van der Waals surface area contributed by atoms with Gasteiger partial charge in [0.15, 0.2) is 0 Å². The first-order valence-electron chi connectivity index (χ1n) is 6.36. The summed E-state index contributed by atoms with van der Waals surface area (Å²) in [4.78, 5) is 11.6. The van der Waals surface area contributed by atoms with Crippen molar-refractivity contribution < 1.29 is 4.79 Å². The Balaban J connectivity index is 2.28. The molecule has 3 nitrogen and oxygen atoms in total. The maximum atomic E-state index is 11.6. The lowest BCUT2D eigenvalue weighted by Gasteiger charge is -2.14. The van der Waals surface area contributed by atoms with Crippen LogP contribution in [0.15, 0.2) is 30.3 Å². The van der Waals surface area contributed by atoms with E-state index in [2.05, 4.69) is 23.5 Å². The number of hydrogen-bond acceptors (Lipinski definition) is 2. The van der Waals surface area contributed by atoms with Gasteiger partial charge in [0.1, 0.15) is 6.04 Å². The summed E-state index contributed by atoms with van der Waals surface area (Å²) < 4.78 is 0. The van der Waals surface area contributed by atoms with Gasteiger partial charge in [-0.1, -0.05) is 44.2 Å². The number of nitriles is 1. The average molecular weight is 244 g/mol. The maximum absolute atomic E-state index is 11.6. The molecule has 0 fully saturated rings. The highest BCUT2D eigenvalue weighted by Gasteiger charge is 2.14. The highest BCUT2D eigenvalue weighted by atomic mass is 16.1. The summed E-state index contributed by atoms with van der Waals surface area (Å²) in [6.07, 6.45) is 2.18. The largest absolute Gasteiger partial charge is 0.340 e. The molecular weight excluding hydrogens is 224 g/mol. The summed E-state index contributed by atoms with van der Waals surface area (Å²) in [5.74, 6) is 0.110. The molecular formula is C15H20N2O. The van der Waals surface area contributed by atoms with E-state index in [0.29, 0.717) is 6.42 Å². The van der Waals surface area contributed by atoms with Crippen LogP contribution in [-0.2, 0) is 11.2 Å². The Morgan fingerprint density at radius 1 is 1.33 bits per heavy atom. The molecule has 18 heavy (non-hydrogen) atoms. The zero-order valence-electron chi connectivity index (χ0n) is 11.0. The fourth-order valence-corrected chi connectivity index (χ4v) is 1.69. The molecule has 0 bridgehead atoms. The van der Waals surface area contributed by atoms with Gasteiger partial charge in [-0.25, -0.2) is 0 Å². The Bertz CT molecular complexity index is 406. The second-order valence-corrected chi connectivity index (χ2v) is 4.76. The molecule has 1 unspecified atom stereocenters. The predicted octanol–water partition coefficient (Wildman–Crippen LogP) is 2.67. The van der Waals surface area contributed by atoms with Gasteiger partial charge in [0, 0.05) is 6.42 Å². The molecule has 0 aliphatic rings. The molecule has 0 aliphatic carbocycles. The molecule has 0 aliphatic heterocycles. The van der Waals surface area contributed by atoms with E-state index in [-0.39, 0.29) is 17.9 Å². The molecule has 1 N–H and O–H groups in total. The summed E-state index contributed by atoms with van der Waals surface area (Å²) in [5, 5.41) is 11.6. The van der Waals surface area contributed by atoms with E-state index in [1.54, 1.807) is 0 Å². The molecule has 0 saturated carbocycles. The van der Waals surface area contributed by atoms with Gasteiger partial charge in [0.25, 0.3) is 0 Å². The average Bonchev–Trinajstić information content (AvgIpc) is 2.37. The first-order valence-corrected chi connectivity index (χ1v) is 6.36. The first kappa shape index (κ1) is 14.2. The lowest BCUT2D eigenvalue weighted by atomic mass is 10.0. The van der Waals surface area contributed by atoms with Crippen molar-refractivity contribution in [2.24, 2.45) is 5.92 Å². The topological polar surface area (TPSA) is 52.9 Å². The zero-order chi connectivity index (χ0) is 13.4. The highest BCUT2D eigenvalue weighted by Crippen LogP contribution is 2.05. The minimum absolute atomic E-state index is 0.0359. The molecule has 1 aromatic rings. The molecule has 1 amide bonds. The monoisotopic (exact) mass is 244 g/mol. The third kappa shape index (κ3) is 5.01. The molecule has 0 radical (unpaired) electrons. The fourth-order valence-electron chi connectivity index (χ4n) is 1.69. The SMILES string of the molecule is CC(C)C(C#N)NC(=O)CCCc1ccccc1. The second-order valence-electron chi connectivity index (χ2n) is 4.76. The van der Waals surface area contributed by atoms with E-state index in [1.807, 2.05) is 32.0 Å². The molecule has 0 spiro atoms. The van der Waals surface area contributed by atoms with Crippen molar-refractivity contribution in [3.05, 3.63) is 35.9 Å². The Morgan fingerprint density at radius 2 is 2.00 bits per heavy atom. The van der Waals surface area contributed by atoms with E-state index >= 15 is 0 Å². The number of amides is 1. The summed E-state index contributed by atoms with van der Waals surface area (Å²) in [5.41, 5.74) is 1.24. The standard InChI is InChI=1S/C15H20N2O/c1-12(2)14(11-16)17-15(18)10-6-9-13-7-4-3-5-8-13/h3-5,7-8,12,14H,6,9-10H2,1-2H3,(H,17,18). The fraction of sp³-hybridized carbons (Fsp3) is 0.467. The highest BCUT2D eigenvalue weighted by molar-refractivity contribution is 5.76. The van der Waals surface area contributed by atoms with Crippen molar-refractivity contribution in [3.63, 3.8) is 0 Å². The maximum Gasteiger partial charge on any atom is 0.221 e. The van der Waals surface area contributed by atoms with Gasteiger partial charge in [-0.3, -0.25) is 4.79 Å². The third-order valence-corrected chi connectivity index (χ3v) is 2.83. The van der Waals surface area contributed by atoms with Crippen LogP contribution in [-0.4, -0.2) is 11.9 Å². The Labute approximate surface area is 109 Å². The molecule has 1 aromatic carbocycles. The van der Waals surface area contributed by atoms with Gasteiger partial charge >= 0.3 is 0 Å². The van der Waals surface area contributed by atoms with Crippen LogP contribution < -0.4 is 5.32 Å². The van der Waals surface area contributed by atoms with Crippen LogP contribution in [0.3, 0.4) is 0 Å². The molecule has 0 aromatic heterocycles. The van der Waals surface area contributed by atoms with E-state index < -0.39 is 0 Å². The number of rotatable bonds is 6. The number of hydrogen-bond donors (Lipinski definition) is 1. The van der Waals surface area contributed by atoms with Crippen molar-refractivity contribution >= 4 is 5.91 Å². The van der Waals surface area contributed by atoms with E-state index in [4.69, 9.17) is 5.26 Å². The molecule has 3 heteroatoms. The molecule has 1 atom stereocenters. The van der Waals surface area contributed by atoms with E-state index in [9.17, 15) is 4.79 Å². The van der Waals surface area contributed by atoms with Gasteiger partial charge in [-0.15, -0.1) is 0 Å². The Morgan fingerprint density at radius 3 is 2.56 bits per heavy atom. The predicted molar refractivity (Wildman–Crippen MR) is 71.8 cm³/mol. The van der Waals surface area contributed by atoms with Gasteiger partial charge in [0.2, 0.25) is 5.91 Å². The number of benzene rings is 1. The number of carbonyl (C=O) groups excluding carboxylic acids is 1. The van der Waals surface area contributed by atoms with Gasteiger partial charge < -0.3 is 5.32 Å². The third-order valence-electron chi connectivity index (χ3n) is 2.83. The van der Waals surface area contributed by atoms with Crippen molar-refractivity contribution in [2.45, 2.75) is 39.2 Å². The smallest absolute Gasteiger partial charge is 0.221 e. The van der Waals surface area contributed by atoms with Gasteiger partial charge in [-0.05, 0) is 24.3 Å². The van der Waals surface area contributed by atoms with Crippen LogP contribution in [0, 0.1) is 17.2 Å². The normalized spacial score (nSPS) is 11.9. The van der Waals surface area contributed by atoms with Crippen molar-refractivity contribution in [1.82, 2.24) is 5.32 Å². The van der Waals surface area contributed by atoms with Crippen LogP contribution in [0.1, 0.15) is 32.3 Å². The second kappa shape index (κ2) is 7.50. The van der Waals surface area contributed by atoms with Crippen molar-refractivity contribution in [2.75, 3.05) is 0 Å². The minimum Gasteiger partial charge on any atom is -0.340 e. The minimum atomic E-state index is -0.380. The van der Waals surface area contributed by atoms with Crippen LogP contribution in [0.25, 0.3) is 0 Å². The Hall–Kier alpha value is -1.82. The van der Waals surface area contributed by atoms with Crippen LogP contribution in [0.5, 0.6) is 0 Å². The van der Waals surface area contributed by atoms with Gasteiger partial charge in [-0.2, -0.15) is 5.26 Å². The Kier molecular flexibility index (Phi) is 5.93. The van der Waals surface area contributed by atoms with Crippen molar-refractivity contribution in [3.8, 4) is 6.07 Å². The number of nitrogens with one attached hydrogen (secondary N) is 1. The lowest BCUT2D eigenvalue weighted by molar-refractivity contribution is -0.121. The molecule has 0 saturated heterocycles. The zero-order valence-corrected chi connectivity index (χ0v) is 11.0. The summed E-state index contributed by atoms with van der Waals surface area (Å²) in [6.45, 7) is 3.86. The molecule has 0 heterocycles. The summed E-state index contributed by atoms with van der Waals surface area (Å²) >= 11 is 0. The van der Waals surface area contributed by atoms with Crippen LogP contribution in [0.2, 0.25) is 0 Å².